The number of aromatic nitrogens is 2. The van der Waals surface area contributed by atoms with Gasteiger partial charge in [-0.25, -0.2) is 13.4 Å². The Morgan fingerprint density at radius 3 is 2.28 bits per heavy atom. The van der Waals surface area contributed by atoms with Gasteiger partial charge in [0.15, 0.2) is 11.5 Å². The van der Waals surface area contributed by atoms with Gasteiger partial charge in [0.05, 0.1) is 25.4 Å². The molecule has 174 valence electrons. The number of methoxy groups -OCH3 is 2. The molecule has 10 heteroatoms. The highest BCUT2D eigenvalue weighted by atomic mass is 32.2. The molecule has 2 saturated heterocycles. The smallest absolute Gasteiger partial charge is 0.243 e. The number of hydrogen-bond acceptors (Lipinski definition) is 6. The van der Waals surface area contributed by atoms with Crippen LogP contribution in [0.3, 0.4) is 0 Å². The average Bonchev–Trinajstić information content (AvgIpc) is 3.38. The minimum Gasteiger partial charge on any atom is -0.493 e. The largest absolute Gasteiger partial charge is 0.493 e. The second-order valence-electron chi connectivity index (χ2n) is 8.26. The number of amides is 1. The standard InChI is InChI=1S/C22H30N4O5S/c1-30-20-4-3-19(15-21(20)31-2)32(28,29)26-12-5-17(6-13-26)22(27)24-10-7-18(8-11-24)25-14-9-23-16-25/h3-4,9,14-18H,5-8,10-13H2,1-2H3. The summed E-state index contributed by atoms with van der Waals surface area (Å²) in [6.45, 7) is 2.12. The van der Waals surface area contributed by atoms with Crippen LogP contribution in [0.1, 0.15) is 31.7 Å². The van der Waals surface area contributed by atoms with Gasteiger partial charge in [0.2, 0.25) is 15.9 Å². The summed E-state index contributed by atoms with van der Waals surface area (Å²) in [5.74, 6) is 0.874. The van der Waals surface area contributed by atoms with Crippen molar-refractivity contribution in [3.63, 3.8) is 0 Å². The van der Waals surface area contributed by atoms with Crippen LogP contribution in [0.5, 0.6) is 11.5 Å². The summed E-state index contributed by atoms with van der Waals surface area (Å²) in [7, 11) is -0.678. The molecule has 0 spiro atoms. The molecule has 0 N–H and O–H groups in total. The topological polar surface area (TPSA) is 94.0 Å². The first-order chi connectivity index (χ1) is 15.4. The second-order valence-corrected chi connectivity index (χ2v) is 10.2. The van der Waals surface area contributed by atoms with Crippen molar-refractivity contribution in [2.75, 3.05) is 40.4 Å². The van der Waals surface area contributed by atoms with Gasteiger partial charge in [-0.15, -0.1) is 0 Å². The van der Waals surface area contributed by atoms with E-state index in [0.717, 1.165) is 25.9 Å². The third kappa shape index (κ3) is 4.47. The number of ether oxygens (including phenoxy) is 2. The molecule has 2 aromatic rings. The number of piperidine rings is 2. The molecule has 1 aromatic heterocycles. The van der Waals surface area contributed by atoms with Crippen LogP contribution < -0.4 is 9.47 Å². The highest BCUT2D eigenvalue weighted by molar-refractivity contribution is 7.89. The van der Waals surface area contributed by atoms with Crippen molar-refractivity contribution in [2.45, 2.75) is 36.6 Å². The van der Waals surface area contributed by atoms with E-state index in [1.54, 1.807) is 12.3 Å². The molecule has 2 aliphatic rings. The van der Waals surface area contributed by atoms with E-state index in [1.807, 2.05) is 17.4 Å². The summed E-state index contributed by atoms with van der Waals surface area (Å²) in [6.07, 6.45) is 8.47. The molecule has 3 heterocycles. The molecular weight excluding hydrogens is 432 g/mol. The third-order valence-electron chi connectivity index (χ3n) is 6.52. The Hall–Kier alpha value is -2.59. The summed E-state index contributed by atoms with van der Waals surface area (Å²) in [5, 5.41) is 0. The zero-order chi connectivity index (χ0) is 22.7. The third-order valence-corrected chi connectivity index (χ3v) is 8.41. The molecule has 4 rings (SSSR count). The van der Waals surface area contributed by atoms with Crippen LogP contribution in [0.15, 0.2) is 41.8 Å². The van der Waals surface area contributed by atoms with Crippen LogP contribution in [-0.2, 0) is 14.8 Å². The Bertz CT molecular complexity index is 1020. The molecule has 32 heavy (non-hydrogen) atoms. The van der Waals surface area contributed by atoms with E-state index < -0.39 is 10.0 Å². The van der Waals surface area contributed by atoms with Crippen LogP contribution in [0.25, 0.3) is 0 Å². The van der Waals surface area contributed by atoms with Crippen LogP contribution in [0, 0.1) is 5.92 Å². The molecule has 9 nitrogen and oxygen atoms in total. The van der Waals surface area contributed by atoms with E-state index in [0.29, 0.717) is 43.5 Å². The van der Waals surface area contributed by atoms with E-state index in [4.69, 9.17) is 9.47 Å². The fourth-order valence-corrected chi connectivity index (χ4v) is 6.08. The van der Waals surface area contributed by atoms with E-state index in [-0.39, 0.29) is 16.7 Å². The summed E-state index contributed by atoms with van der Waals surface area (Å²) in [5.41, 5.74) is 0. The minimum absolute atomic E-state index is 0.128. The molecule has 0 bridgehead atoms. The number of benzene rings is 1. The summed E-state index contributed by atoms with van der Waals surface area (Å²) in [6, 6.07) is 4.99. The molecule has 0 unspecified atom stereocenters. The van der Waals surface area contributed by atoms with Gasteiger partial charge in [-0.05, 0) is 37.8 Å². The minimum atomic E-state index is -3.66. The van der Waals surface area contributed by atoms with Crippen molar-refractivity contribution in [1.29, 1.82) is 0 Å². The van der Waals surface area contributed by atoms with Crippen LogP contribution in [0.4, 0.5) is 0 Å². The summed E-state index contributed by atoms with van der Waals surface area (Å²) < 4.78 is 40.2. The summed E-state index contributed by atoms with van der Waals surface area (Å²) in [4.78, 5) is 19.3. The molecule has 0 saturated carbocycles. The quantitative estimate of drug-likeness (QED) is 0.653. The van der Waals surface area contributed by atoms with Gasteiger partial charge in [-0.1, -0.05) is 0 Å². The first-order valence-corrected chi connectivity index (χ1v) is 12.4. The Kier molecular flexibility index (Phi) is 6.71. The molecule has 0 aliphatic carbocycles. The number of imidazole rings is 1. The lowest BCUT2D eigenvalue weighted by Crippen LogP contribution is -2.46. The molecule has 0 atom stereocenters. The van der Waals surface area contributed by atoms with Gasteiger partial charge in [-0.3, -0.25) is 4.79 Å². The number of carbonyl (C=O) groups is 1. The predicted molar refractivity (Wildman–Crippen MR) is 118 cm³/mol. The molecule has 1 aromatic carbocycles. The zero-order valence-electron chi connectivity index (χ0n) is 18.5. The Labute approximate surface area is 189 Å². The maximum absolute atomic E-state index is 13.1. The lowest BCUT2D eigenvalue weighted by Gasteiger charge is -2.37. The lowest BCUT2D eigenvalue weighted by molar-refractivity contribution is -0.138. The van der Waals surface area contributed by atoms with E-state index in [2.05, 4.69) is 9.55 Å². The van der Waals surface area contributed by atoms with E-state index in [9.17, 15) is 13.2 Å². The van der Waals surface area contributed by atoms with Gasteiger partial charge < -0.3 is 18.9 Å². The number of likely N-dealkylation sites (tertiary alicyclic amines) is 1. The number of rotatable bonds is 6. The van der Waals surface area contributed by atoms with Crippen LogP contribution in [0.2, 0.25) is 0 Å². The molecular formula is C22H30N4O5S. The second kappa shape index (κ2) is 9.50. The predicted octanol–water partition coefficient (Wildman–Crippen LogP) is 2.16. The number of hydrogen-bond donors (Lipinski definition) is 0. The SMILES string of the molecule is COc1ccc(S(=O)(=O)N2CCC(C(=O)N3CCC(n4ccnc4)CC3)CC2)cc1OC. The molecule has 2 fully saturated rings. The van der Waals surface area contributed by atoms with Gasteiger partial charge >= 0.3 is 0 Å². The van der Waals surface area contributed by atoms with Gasteiger partial charge in [0.1, 0.15) is 0 Å². The maximum Gasteiger partial charge on any atom is 0.243 e. The van der Waals surface area contributed by atoms with Crippen molar-refractivity contribution in [3.05, 3.63) is 36.9 Å². The highest BCUT2D eigenvalue weighted by Gasteiger charge is 2.35. The normalized spacial score (nSPS) is 19.1. The van der Waals surface area contributed by atoms with Crippen molar-refractivity contribution in [2.24, 2.45) is 5.92 Å². The number of nitrogens with zero attached hydrogens (tertiary/aromatic N) is 4. The average molecular weight is 463 g/mol. The summed E-state index contributed by atoms with van der Waals surface area (Å²) >= 11 is 0. The maximum atomic E-state index is 13.1. The van der Waals surface area contributed by atoms with Crippen molar-refractivity contribution in [3.8, 4) is 11.5 Å². The van der Waals surface area contributed by atoms with Gasteiger partial charge in [-0.2, -0.15) is 4.31 Å². The van der Waals surface area contributed by atoms with Gasteiger partial charge in [0, 0.05) is 56.6 Å². The van der Waals surface area contributed by atoms with Crippen LogP contribution in [-0.4, -0.2) is 73.5 Å². The fraction of sp³-hybridized carbons (Fsp3) is 0.545. The Morgan fingerprint density at radius 1 is 1.00 bits per heavy atom. The number of carbonyl (C=O) groups excluding carboxylic acids is 1. The lowest BCUT2D eigenvalue weighted by atomic mass is 9.95. The molecule has 0 radical (unpaired) electrons. The molecule has 1 amide bonds. The Balaban J connectivity index is 1.34. The molecule has 2 aliphatic heterocycles. The van der Waals surface area contributed by atoms with Gasteiger partial charge in [0.25, 0.3) is 0 Å². The zero-order valence-corrected chi connectivity index (χ0v) is 19.3. The van der Waals surface area contributed by atoms with Crippen molar-refractivity contribution in [1.82, 2.24) is 18.8 Å². The first kappa shape index (κ1) is 22.6. The monoisotopic (exact) mass is 462 g/mol. The Morgan fingerprint density at radius 2 is 1.69 bits per heavy atom. The van der Waals surface area contributed by atoms with Crippen molar-refractivity contribution < 1.29 is 22.7 Å². The number of sulfonamides is 1. The highest BCUT2D eigenvalue weighted by Crippen LogP contribution is 2.32. The van der Waals surface area contributed by atoms with Crippen LogP contribution >= 0.6 is 0 Å². The van der Waals surface area contributed by atoms with E-state index in [1.165, 1.54) is 30.7 Å². The van der Waals surface area contributed by atoms with E-state index >= 15 is 0 Å². The first-order valence-electron chi connectivity index (χ1n) is 10.9. The fourth-order valence-electron chi connectivity index (χ4n) is 4.60. The van der Waals surface area contributed by atoms with Crippen molar-refractivity contribution >= 4 is 15.9 Å².